The normalized spacial score (nSPS) is 11.7. The van der Waals surface area contributed by atoms with Gasteiger partial charge in [0.1, 0.15) is 11.5 Å². The molecule has 0 aromatic heterocycles. The Hall–Kier alpha value is -4.52. The first kappa shape index (κ1) is 40.7. The molecule has 0 unspecified atom stereocenters. The summed E-state index contributed by atoms with van der Waals surface area (Å²) in [5.41, 5.74) is 7.17. The molecule has 0 radical (unpaired) electrons. The summed E-state index contributed by atoms with van der Waals surface area (Å²) < 4.78 is 18.1. The molecular weight excluding hydrogens is 665 g/mol. The van der Waals surface area contributed by atoms with Crippen molar-refractivity contribution in [2.45, 2.75) is 104 Å². The molecule has 6 heteroatoms. The van der Waals surface area contributed by atoms with E-state index in [4.69, 9.17) is 14.1 Å². The molecule has 284 valence electrons. The molecule has 0 heterocycles. The summed E-state index contributed by atoms with van der Waals surface area (Å²) in [6.45, 7) is 13.4. The Balaban J connectivity index is 1.34. The van der Waals surface area contributed by atoms with Gasteiger partial charge in [-0.25, -0.2) is 0 Å². The summed E-state index contributed by atoms with van der Waals surface area (Å²) >= 11 is 0. The van der Waals surface area contributed by atoms with Crippen LogP contribution in [0.2, 0.25) is 0 Å². The Bertz CT molecular complexity index is 1710. The van der Waals surface area contributed by atoms with Crippen LogP contribution in [-0.2, 0) is 4.65 Å². The average molecular weight is 726 g/mol. The van der Waals surface area contributed by atoms with Crippen molar-refractivity contribution in [2.75, 3.05) is 18.1 Å². The number of nitrogens with zero attached hydrogens (tertiary/aromatic N) is 1. The van der Waals surface area contributed by atoms with E-state index in [0.717, 1.165) is 82.3 Å². The molecule has 0 fully saturated rings. The van der Waals surface area contributed by atoms with Crippen LogP contribution >= 0.6 is 0 Å². The molecule has 0 saturated carbocycles. The molecule has 0 spiro atoms. The zero-order valence-corrected chi connectivity index (χ0v) is 33.4. The zero-order valence-electron chi connectivity index (χ0n) is 33.4. The first-order valence-corrected chi connectivity index (χ1v) is 20.0. The smallest absolute Gasteiger partial charge is 0.309 e. The third-order valence-corrected chi connectivity index (χ3v) is 10.4. The number of hydrogen-bond acceptors (Lipinski definition) is 5. The average Bonchev–Trinajstić information content (AvgIpc) is 3.18. The topological polar surface area (TPSA) is 51.2 Å². The van der Waals surface area contributed by atoms with Crippen molar-refractivity contribution in [3.05, 3.63) is 121 Å². The molecule has 0 aliphatic rings. The van der Waals surface area contributed by atoms with Crippen LogP contribution in [0.1, 0.15) is 92.9 Å². The van der Waals surface area contributed by atoms with E-state index in [0.29, 0.717) is 7.48 Å². The highest BCUT2D eigenvalue weighted by Crippen LogP contribution is 2.37. The van der Waals surface area contributed by atoms with Crippen molar-refractivity contribution in [3.8, 4) is 33.8 Å². The number of anilines is 3. The van der Waals surface area contributed by atoms with Gasteiger partial charge in [0, 0.05) is 17.1 Å². The first-order valence-electron chi connectivity index (χ1n) is 20.0. The fourth-order valence-corrected chi connectivity index (χ4v) is 6.16. The van der Waals surface area contributed by atoms with Crippen LogP contribution in [0.3, 0.4) is 0 Å². The summed E-state index contributed by atoms with van der Waals surface area (Å²) in [6, 6.07) is 42.8. The standard InChI is InChI=1S/C48H60BNO4/c1-7-9-11-13-35-52-45-31-19-39(20-32-45)37-15-25-42(26-16-37)50(44-29-23-41(24-30-44)49-54-48(5,6)47(3,4)51)43-27-17-38(18-28-43)40-21-33-46(34-22-40)53-36-14-12-10-8-2/h15-34,49,51H,7-14,35-36H2,1-6H3. The van der Waals surface area contributed by atoms with Gasteiger partial charge in [-0.05, 0) is 123 Å². The Morgan fingerprint density at radius 2 is 0.833 bits per heavy atom. The maximum Gasteiger partial charge on any atom is 0.309 e. The molecular formula is C48H60BNO4. The molecule has 0 saturated heterocycles. The van der Waals surface area contributed by atoms with Crippen LogP contribution in [0.25, 0.3) is 22.3 Å². The number of benzene rings is 5. The second-order valence-electron chi connectivity index (χ2n) is 15.3. The van der Waals surface area contributed by atoms with Gasteiger partial charge in [-0.3, -0.25) is 0 Å². The van der Waals surface area contributed by atoms with Crippen LogP contribution in [0.5, 0.6) is 11.5 Å². The van der Waals surface area contributed by atoms with Gasteiger partial charge >= 0.3 is 7.48 Å². The highest BCUT2D eigenvalue weighted by Gasteiger charge is 2.35. The Morgan fingerprint density at radius 1 is 0.481 bits per heavy atom. The molecule has 5 nitrogen and oxygen atoms in total. The predicted molar refractivity (Wildman–Crippen MR) is 230 cm³/mol. The second-order valence-corrected chi connectivity index (χ2v) is 15.3. The van der Waals surface area contributed by atoms with E-state index >= 15 is 0 Å². The minimum atomic E-state index is -0.963. The van der Waals surface area contributed by atoms with Gasteiger partial charge in [0.2, 0.25) is 0 Å². The molecule has 0 aliphatic heterocycles. The molecule has 0 atom stereocenters. The monoisotopic (exact) mass is 725 g/mol. The summed E-state index contributed by atoms with van der Waals surface area (Å²) in [6.07, 6.45) is 9.59. The van der Waals surface area contributed by atoms with E-state index in [9.17, 15) is 5.11 Å². The molecule has 5 aromatic carbocycles. The number of rotatable bonds is 21. The second kappa shape index (κ2) is 19.7. The third kappa shape index (κ3) is 11.5. The molecule has 0 aliphatic carbocycles. The SMILES string of the molecule is CCCCCCOc1ccc(-c2ccc(N(c3ccc(BOC(C)(C)C(C)(C)O)cc3)c3ccc(-c4ccc(OCCCCCC)cc4)cc3)cc2)cc1. The minimum absolute atomic E-state index is 0.409. The maximum absolute atomic E-state index is 10.6. The number of aliphatic hydroxyl groups is 1. The fraction of sp³-hybridized carbons (Fsp3) is 0.375. The van der Waals surface area contributed by atoms with Crippen molar-refractivity contribution in [3.63, 3.8) is 0 Å². The summed E-state index contributed by atoms with van der Waals surface area (Å²) in [5.74, 6) is 1.84. The van der Waals surface area contributed by atoms with E-state index in [2.05, 4.69) is 140 Å². The van der Waals surface area contributed by atoms with Crippen molar-refractivity contribution in [1.29, 1.82) is 0 Å². The van der Waals surface area contributed by atoms with Crippen LogP contribution in [0.15, 0.2) is 121 Å². The lowest BCUT2D eigenvalue weighted by atomic mass is 9.82. The molecule has 0 bridgehead atoms. The summed E-state index contributed by atoms with van der Waals surface area (Å²) in [7, 11) is 0.409. The molecule has 5 rings (SSSR count). The molecule has 0 amide bonds. The lowest BCUT2D eigenvalue weighted by Crippen LogP contribution is -2.49. The third-order valence-electron chi connectivity index (χ3n) is 10.4. The van der Waals surface area contributed by atoms with Crippen LogP contribution in [-0.4, -0.2) is 37.0 Å². The van der Waals surface area contributed by atoms with Gasteiger partial charge < -0.3 is 24.1 Å². The largest absolute Gasteiger partial charge is 0.494 e. The first-order chi connectivity index (χ1) is 26.1. The van der Waals surface area contributed by atoms with Crippen molar-refractivity contribution < 1.29 is 19.2 Å². The zero-order chi connectivity index (χ0) is 38.4. The molecule has 1 N–H and O–H groups in total. The fourth-order valence-electron chi connectivity index (χ4n) is 6.16. The van der Waals surface area contributed by atoms with E-state index in [1.54, 1.807) is 13.8 Å². The lowest BCUT2D eigenvalue weighted by molar-refractivity contribution is -0.0893. The summed E-state index contributed by atoms with van der Waals surface area (Å²) in [5, 5.41) is 10.6. The van der Waals surface area contributed by atoms with Crippen LogP contribution < -0.4 is 19.8 Å². The van der Waals surface area contributed by atoms with E-state index in [-0.39, 0.29) is 0 Å². The Labute approximate surface area is 325 Å². The Kier molecular flexibility index (Phi) is 14.8. The van der Waals surface area contributed by atoms with Gasteiger partial charge in [-0.2, -0.15) is 0 Å². The van der Waals surface area contributed by atoms with Crippen molar-refractivity contribution in [1.82, 2.24) is 0 Å². The highest BCUT2D eigenvalue weighted by atomic mass is 16.5. The minimum Gasteiger partial charge on any atom is -0.494 e. The molecule has 5 aromatic rings. The quantitative estimate of drug-likeness (QED) is 0.0603. The van der Waals surface area contributed by atoms with E-state index in [1.807, 2.05) is 13.8 Å². The Morgan fingerprint density at radius 3 is 1.19 bits per heavy atom. The molecule has 54 heavy (non-hydrogen) atoms. The van der Waals surface area contributed by atoms with E-state index < -0.39 is 11.2 Å². The van der Waals surface area contributed by atoms with E-state index in [1.165, 1.54) is 38.5 Å². The van der Waals surface area contributed by atoms with Gasteiger partial charge in [0.25, 0.3) is 0 Å². The number of hydrogen-bond donors (Lipinski definition) is 1. The van der Waals surface area contributed by atoms with Crippen molar-refractivity contribution >= 4 is 30.0 Å². The van der Waals surface area contributed by atoms with Gasteiger partial charge in [-0.1, -0.05) is 118 Å². The van der Waals surface area contributed by atoms with Crippen LogP contribution in [0, 0.1) is 0 Å². The predicted octanol–water partition coefficient (Wildman–Crippen LogP) is 12.0. The van der Waals surface area contributed by atoms with Crippen molar-refractivity contribution in [2.24, 2.45) is 0 Å². The highest BCUT2D eigenvalue weighted by molar-refractivity contribution is 6.47. The maximum atomic E-state index is 10.6. The van der Waals surface area contributed by atoms with Crippen LogP contribution in [0.4, 0.5) is 17.1 Å². The van der Waals surface area contributed by atoms with Gasteiger partial charge in [0.05, 0.1) is 24.4 Å². The lowest BCUT2D eigenvalue weighted by Gasteiger charge is -2.37. The summed E-state index contributed by atoms with van der Waals surface area (Å²) in [4.78, 5) is 2.28. The number of ether oxygens (including phenoxy) is 2. The van der Waals surface area contributed by atoms with Gasteiger partial charge in [-0.15, -0.1) is 0 Å². The number of unbranched alkanes of at least 4 members (excludes halogenated alkanes) is 6. The van der Waals surface area contributed by atoms with Gasteiger partial charge in [0.15, 0.2) is 0 Å².